The van der Waals surface area contributed by atoms with E-state index >= 15 is 0 Å². The lowest BCUT2D eigenvalue weighted by molar-refractivity contribution is 0.0900. The van der Waals surface area contributed by atoms with Crippen molar-refractivity contribution in [3.8, 4) is 5.75 Å². The van der Waals surface area contributed by atoms with Crippen molar-refractivity contribution in [1.29, 1.82) is 0 Å². The third-order valence-corrected chi connectivity index (χ3v) is 6.06. The standard InChI is InChI=1S/C19H26INO2/c1-13(12-21-9-5-6-10-21)19(22)18-15-8-4-3-7-14(15)17(23-2)11-16(18)20/h11,13H,3-10,12H2,1-2H3. The van der Waals surface area contributed by atoms with E-state index in [0.29, 0.717) is 5.78 Å². The first-order chi connectivity index (χ1) is 11.1. The third kappa shape index (κ3) is 3.58. The number of hydrogen-bond donors (Lipinski definition) is 0. The summed E-state index contributed by atoms with van der Waals surface area (Å²) in [5.74, 6) is 1.36. The summed E-state index contributed by atoms with van der Waals surface area (Å²) in [4.78, 5) is 15.6. The Morgan fingerprint density at radius 1 is 1.22 bits per heavy atom. The van der Waals surface area contributed by atoms with E-state index in [4.69, 9.17) is 4.74 Å². The zero-order valence-electron chi connectivity index (χ0n) is 14.2. The first-order valence-corrected chi connectivity index (χ1v) is 9.84. The number of methoxy groups -OCH3 is 1. The van der Waals surface area contributed by atoms with Crippen molar-refractivity contribution in [3.05, 3.63) is 26.3 Å². The molecule has 1 fully saturated rings. The van der Waals surface area contributed by atoms with Gasteiger partial charge < -0.3 is 9.64 Å². The van der Waals surface area contributed by atoms with Gasteiger partial charge in [-0.25, -0.2) is 0 Å². The molecule has 0 radical (unpaired) electrons. The minimum absolute atomic E-state index is 0.0704. The Balaban J connectivity index is 1.90. The van der Waals surface area contributed by atoms with E-state index in [9.17, 15) is 4.79 Å². The van der Waals surface area contributed by atoms with Gasteiger partial charge in [-0.3, -0.25) is 4.79 Å². The summed E-state index contributed by atoms with van der Waals surface area (Å²) in [5, 5.41) is 0. The number of carbonyl (C=O) groups is 1. The maximum atomic E-state index is 13.2. The molecule has 0 amide bonds. The van der Waals surface area contributed by atoms with Crippen LogP contribution in [-0.2, 0) is 12.8 Å². The third-order valence-electron chi connectivity index (χ3n) is 5.21. The number of nitrogens with zero attached hydrogens (tertiary/aromatic N) is 1. The Labute approximate surface area is 152 Å². The number of rotatable bonds is 5. The molecule has 1 aromatic rings. The molecule has 126 valence electrons. The Morgan fingerprint density at radius 3 is 2.52 bits per heavy atom. The van der Waals surface area contributed by atoms with E-state index in [-0.39, 0.29) is 5.92 Å². The van der Waals surface area contributed by atoms with Crippen LogP contribution in [0.4, 0.5) is 0 Å². The molecule has 1 atom stereocenters. The zero-order valence-corrected chi connectivity index (χ0v) is 16.3. The Bertz CT molecular complexity index is 594. The second-order valence-electron chi connectivity index (χ2n) is 6.87. The van der Waals surface area contributed by atoms with E-state index in [0.717, 1.165) is 47.4 Å². The van der Waals surface area contributed by atoms with E-state index in [2.05, 4.69) is 40.5 Å². The lowest BCUT2D eigenvalue weighted by Crippen LogP contribution is -2.30. The predicted octanol–water partition coefficient (Wildman–Crippen LogP) is 4.09. The second kappa shape index (κ2) is 7.51. The highest BCUT2D eigenvalue weighted by atomic mass is 127. The van der Waals surface area contributed by atoms with Gasteiger partial charge in [0.25, 0.3) is 0 Å². The summed E-state index contributed by atoms with van der Waals surface area (Å²) in [5.41, 5.74) is 3.52. The molecule has 23 heavy (non-hydrogen) atoms. The minimum atomic E-state index is 0.0704. The number of hydrogen-bond acceptors (Lipinski definition) is 3. The van der Waals surface area contributed by atoms with Crippen LogP contribution in [0.1, 0.15) is 54.1 Å². The molecular formula is C19H26INO2. The van der Waals surface area contributed by atoms with Crippen LogP contribution in [0, 0.1) is 9.49 Å². The highest BCUT2D eigenvalue weighted by Gasteiger charge is 2.28. The first kappa shape index (κ1) is 17.2. The predicted molar refractivity (Wildman–Crippen MR) is 102 cm³/mol. The Morgan fingerprint density at radius 2 is 1.87 bits per heavy atom. The quantitative estimate of drug-likeness (QED) is 0.524. The van der Waals surface area contributed by atoms with Gasteiger partial charge in [0, 0.05) is 21.6 Å². The van der Waals surface area contributed by atoms with Gasteiger partial charge in [-0.2, -0.15) is 0 Å². The summed E-state index contributed by atoms with van der Waals surface area (Å²) in [6.45, 7) is 5.29. The summed E-state index contributed by atoms with van der Waals surface area (Å²) in [6.07, 6.45) is 6.97. The topological polar surface area (TPSA) is 29.5 Å². The average molecular weight is 427 g/mol. The second-order valence-corrected chi connectivity index (χ2v) is 8.04. The maximum absolute atomic E-state index is 13.2. The van der Waals surface area contributed by atoms with Gasteiger partial charge in [0.2, 0.25) is 0 Å². The molecule has 1 saturated heterocycles. The van der Waals surface area contributed by atoms with E-state index in [1.165, 1.54) is 36.8 Å². The van der Waals surface area contributed by atoms with E-state index in [1.54, 1.807) is 7.11 Å². The molecule has 0 saturated carbocycles. The van der Waals surface area contributed by atoms with Crippen molar-refractivity contribution >= 4 is 28.4 Å². The summed E-state index contributed by atoms with van der Waals surface area (Å²) in [7, 11) is 1.73. The maximum Gasteiger partial charge on any atom is 0.168 e. The molecule has 0 spiro atoms. The van der Waals surface area contributed by atoms with Crippen LogP contribution in [-0.4, -0.2) is 37.4 Å². The number of halogens is 1. The fourth-order valence-corrected chi connectivity index (χ4v) is 4.88. The number of likely N-dealkylation sites (tertiary alicyclic amines) is 1. The number of carbonyl (C=O) groups excluding carboxylic acids is 1. The molecule has 3 rings (SSSR count). The SMILES string of the molecule is COc1cc(I)c(C(=O)C(C)CN2CCCC2)c2c1CCCC2. The van der Waals surface area contributed by atoms with Crippen molar-refractivity contribution in [3.63, 3.8) is 0 Å². The lowest BCUT2D eigenvalue weighted by Gasteiger charge is -2.25. The van der Waals surface area contributed by atoms with Gasteiger partial charge in [-0.1, -0.05) is 6.92 Å². The van der Waals surface area contributed by atoms with E-state index < -0.39 is 0 Å². The molecule has 1 aliphatic carbocycles. The number of ketones is 1. The minimum Gasteiger partial charge on any atom is -0.496 e. The highest BCUT2D eigenvalue weighted by molar-refractivity contribution is 14.1. The molecule has 0 bridgehead atoms. The number of ether oxygens (including phenoxy) is 1. The molecule has 1 aromatic carbocycles. The number of benzene rings is 1. The van der Waals surface area contributed by atoms with Gasteiger partial charge in [0.1, 0.15) is 5.75 Å². The van der Waals surface area contributed by atoms with Gasteiger partial charge in [-0.15, -0.1) is 0 Å². The summed E-state index contributed by atoms with van der Waals surface area (Å²) in [6, 6.07) is 2.06. The van der Waals surface area contributed by atoms with Crippen molar-refractivity contribution in [2.75, 3.05) is 26.7 Å². The number of fused-ring (bicyclic) bond motifs is 1. The van der Waals surface area contributed by atoms with Gasteiger partial charge >= 0.3 is 0 Å². The smallest absolute Gasteiger partial charge is 0.168 e. The van der Waals surface area contributed by atoms with Gasteiger partial charge in [0.05, 0.1) is 7.11 Å². The summed E-state index contributed by atoms with van der Waals surface area (Å²) < 4.78 is 6.63. The normalized spacial score (nSPS) is 19.4. The van der Waals surface area contributed by atoms with Crippen molar-refractivity contribution < 1.29 is 9.53 Å². The molecular weight excluding hydrogens is 401 g/mol. The first-order valence-electron chi connectivity index (χ1n) is 8.76. The molecule has 1 aliphatic heterocycles. The molecule has 0 N–H and O–H groups in total. The van der Waals surface area contributed by atoms with Crippen LogP contribution in [0.2, 0.25) is 0 Å². The molecule has 1 heterocycles. The summed E-state index contributed by atoms with van der Waals surface area (Å²) >= 11 is 2.31. The zero-order chi connectivity index (χ0) is 16.4. The molecule has 4 heteroatoms. The fraction of sp³-hybridized carbons (Fsp3) is 0.632. The van der Waals surface area contributed by atoms with Crippen LogP contribution >= 0.6 is 22.6 Å². The molecule has 0 aromatic heterocycles. The van der Waals surface area contributed by atoms with Gasteiger partial charge in [-0.05, 0) is 91.4 Å². The Kier molecular flexibility index (Phi) is 5.62. The highest BCUT2D eigenvalue weighted by Crippen LogP contribution is 2.36. The number of Topliss-reactive ketones (excluding diaryl/α,β-unsaturated/α-hetero) is 1. The van der Waals surface area contributed by atoms with E-state index in [1.807, 2.05) is 0 Å². The fourth-order valence-electron chi connectivity index (χ4n) is 4.00. The van der Waals surface area contributed by atoms with Crippen LogP contribution in [0.15, 0.2) is 6.07 Å². The monoisotopic (exact) mass is 427 g/mol. The van der Waals surface area contributed by atoms with Crippen molar-refractivity contribution in [2.45, 2.75) is 45.4 Å². The molecule has 1 unspecified atom stereocenters. The Hall–Kier alpha value is -0.620. The lowest BCUT2D eigenvalue weighted by atomic mass is 9.84. The largest absolute Gasteiger partial charge is 0.496 e. The van der Waals surface area contributed by atoms with Crippen LogP contribution in [0.5, 0.6) is 5.75 Å². The van der Waals surface area contributed by atoms with Crippen LogP contribution in [0.25, 0.3) is 0 Å². The average Bonchev–Trinajstić information content (AvgIpc) is 3.06. The van der Waals surface area contributed by atoms with Gasteiger partial charge in [0.15, 0.2) is 5.78 Å². The molecule has 2 aliphatic rings. The van der Waals surface area contributed by atoms with Crippen molar-refractivity contribution in [2.24, 2.45) is 5.92 Å². The van der Waals surface area contributed by atoms with Crippen LogP contribution in [0.3, 0.4) is 0 Å². The van der Waals surface area contributed by atoms with Crippen LogP contribution < -0.4 is 4.74 Å². The van der Waals surface area contributed by atoms with Crippen molar-refractivity contribution in [1.82, 2.24) is 4.90 Å². The molecule has 3 nitrogen and oxygen atoms in total.